The van der Waals surface area contributed by atoms with Crippen LogP contribution in [0, 0.1) is 5.92 Å². The van der Waals surface area contributed by atoms with E-state index in [4.69, 9.17) is 9.47 Å². The highest BCUT2D eigenvalue weighted by Gasteiger charge is 2.59. The van der Waals surface area contributed by atoms with E-state index in [9.17, 15) is 9.59 Å². The Balaban J connectivity index is 2.32. The average Bonchev–Trinajstić information content (AvgIpc) is 2.40. The number of fused-ring (bicyclic) bond motifs is 2. The fourth-order valence-corrected chi connectivity index (χ4v) is 4.10. The molecule has 0 radical (unpaired) electrons. The second-order valence-corrected chi connectivity index (χ2v) is 5.89. The van der Waals surface area contributed by atoms with Gasteiger partial charge in [-0.15, -0.1) is 11.8 Å². The molecule has 5 heteroatoms. The van der Waals surface area contributed by atoms with Gasteiger partial charge in [-0.3, -0.25) is 0 Å². The van der Waals surface area contributed by atoms with Gasteiger partial charge in [0.1, 0.15) is 0 Å². The molecule has 0 saturated carbocycles. The molecule has 0 aromatic carbocycles. The van der Waals surface area contributed by atoms with E-state index in [1.165, 1.54) is 11.8 Å². The van der Waals surface area contributed by atoms with Crippen molar-refractivity contribution in [1.82, 2.24) is 0 Å². The molecule has 2 aliphatic heterocycles. The lowest BCUT2D eigenvalue weighted by atomic mass is 9.82. The van der Waals surface area contributed by atoms with Crippen molar-refractivity contribution in [2.45, 2.75) is 36.7 Å². The maximum absolute atomic E-state index is 12.2. The molecule has 2 unspecified atom stereocenters. The van der Waals surface area contributed by atoms with Crippen molar-refractivity contribution in [3.63, 3.8) is 0 Å². The molecular formula is C13H18O4S. The van der Waals surface area contributed by atoms with E-state index in [0.717, 1.165) is 12.8 Å². The minimum atomic E-state index is -1.18. The Bertz CT molecular complexity index is 359. The zero-order valence-electron chi connectivity index (χ0n) is 10.7. The van der Waals surface area contributed by atoms with Gasteiger partial charge in [-0.25, -0.2) is 9.59 Å². The summed E-state index contributed by atoms with van der Waals surface area (Å²) in [6.07, 6.45) is 5.90. The number of esters is 2. The van der Waals surface area contributed by atoms with Crippen molar-refractivity contribution in [3.8, 4) is 0 Å². The van der Waals surface area contributed by atoms with Crippen molar-refractivity contribution in [3.05, 3.63) is 12.2 Å². The first-order chi connectivity index (χ1) is 8.65. The summed E-state index contributed by atoms with van der Waals surface area (Å²) in [5.74, 6) is -1.01. The molecule has 2 atom stereocenters. The van der Waals surface area contributed by atoms with E-state index in [0.29, 0.717) is 0 Å². The Morgan fingerprint density at radius 2 is 1.78 bits per heavy atom. The smallest absolute Gasteiger partial charge is 0.334 e. The van der Waals surface area contributed by atoms with Crippen LogP contribution < -0.4 is 0 Å². The molecular weight excluding hydrogens is 252 g/mol. The number of allylic oxidation sites excluding steroid dienone is 1. The Morgan fingerprint density at radius 3 is 2.11 bits per heavy atom. The standard InChI is InChI=1S/C13H18O4S/c1-3-16-11(14)13(12(15)17-4-2)9-5-7-10(18-13)8-6-9/h5,7,9-10H,3-4,6,8H2,1-2H3. The molecule has 100 valence electrons. The molecule has 0 aromatic rings. The molecule has 1 aliphatic carbocycles. The molecule has 4 nitrogen and oxygen atoms in total. The van der Waals surface area contributed by atoms with Crippen molar-refractivity contribution in [2.75, 3.05) is 13.2 Å². The third-order valence-corrected chi connectivity index (χ3v) is 5.04. The predicted molar refractivity (Wildman–Crippen MR) is 69.2 cm³/mol. The second kappa shape index (κ2) is 5.34. The third kappa shape index (κ3) is 2.05. The molecule has 1 saturated heterocycles. The van der Waals surface area contributed by atoms with Gasteiger partial charge in [0.25, 0.3) is 0 Å². The summed E-state index contributed by atoms with van der Waals surface area (Å²) in [5, 5.41) is 0.212. The normalized spacial score (nSPS) is 27.9. The number of rotatable bonds is 4. The van der Waals surface area contributed by atoms with Gasteiger partial charge >= 0.3 is 11.9 Å². The number of hydrogen-bond donors (Lipinski definition) is 0. The first-order valence-corrected chi connectivity index (χ1v) is 7.23. The van der Waals surface area contributed by atoms with Gasteiger partial charge < -0.3 is 9.47 Å². The van der Waals surface area contributed by atoms with Gasteiger partial charge in [-0.05, 0) is 26.7 Å². The van der Waals surface area contributed by atoms with Crippen LogP contribution in [0.4, 0.5) is 0 Å². The minimum absolute atomic E-state index is 0.106. The zero-order chi connectivity index (χ0) is 13.2. The van der Waals surface area contributed by atoms with Crippen molar-refractivity contribution >= 4 is 23.7 Å². The van der Waals surface area contributed by atoms with Crippen LogP contribution in [0.2, 0.25) is 0 Å². The summed E-state index contributed by atoms with van der Waals surface area (Å²) in [7, 11) is 0. The summed E-state index contributed by atoms with van der Waals surface area (Å²) in [5.41, 5.74) is 0. The topological polar surface area (TPSA) is 52.6 Å². The molecule has 0 spiro atoms. The van der Waals surface area contributed by atoms with E-state index in [1.54, 1.807) is 13.8 Å². The predicted octanol–water partition coefficient (Wildman–Crippen LogP) is 1.93. The lowest BCUT2D eigenvalue weighted by Gasteiger charge is -2.43. The molecule has 3 rings (SSSR count). The maximum atomic E-state index is 12.2. The summed E-state index contributed by atoms with van der Waals surface area (Å²) in [4.78, 5) is 24.5. The Kier molecular flexibility index (Phi) is 4.00. The number of carbonyl (C=O) groups is 2. The van der Waals surface area contributed by atoms with Crippen molar-refractivity contribution in [2.24, 2.45) is 5.92 Å². The lowest BCUT2D eigenvalue weighted by molar-refractivity contribution is -0.160. The summed E-state index contributed by atoms with van der Waals surface area (Å²) in [6, 6.07) is 0. The van der Waals surface area contributed by atoms with Crippen LogP contribution in [-0.4, -0.2) is 35.1 Å². The molecule has 0 N–H and O–H groups in total. The van der Waals surface area contributed by atoms with Gasteiger partial charge in [-0.2, -0.15) is 0 Å². The highest BCUT2D eigenvalue weighted by molar-refractivity contribution is 8.03. The number of ether oxygens (including phenoxy) is 2. The van der Waals surface area contributed by atoms with E-state index < -0.39 is 16.7 Å². The van der Waals surface area contributed by atoms with Crippen LogP contribution in [0.3, 0.4) is 0 Å². The minimum Gasteiger partial charge on any atom is -0.464 e. The first kappa shape index (κ1) is 13.5. The van der Waals surface area contributed by atoms with Crippen molar-refractivity contribution < 1.29 is 19.1 Å². The SMILES string of the molecule is CCOC(=O)C1(C(=O)OCC)SC2C=CC1CC2. The van der Waals surface area contributed by atoms with Crippen LogP contribution in [0.1, 0.15) is 26.7 Å². The van der Waals surface area contributed by atoms with Crippen LogP contribution >= 0.6 is 11.8 Å². The maximum Gasteiger partial charge on any atom is 0.334 e. The monoisotopic (exact) mass is 270 g/mol. The summed E-state index contributed by atoms with van der Waals surface area (Å²) >= 11 is 1.39. The second-order valence-electron chi connectivity index (χ2n) is 4.40. The van der Waals surface area contributed by atoms with Gasteiger partial charge in [0, 0.05) is 11.2 Å². The fraction of sp³-hybridized carbons (Fsp3) is 0.692. The van der Waals surface area contributed by atoms with E-state index >= 15 is 0 Å². The van der Waals surface area contributed by atoms with Crippen LogP contribution in [0.25, 0.3) is 0 Å². The highest BCUT2D eigenvalue weighted by Crippen LogP contribution is 2.51. The van der Waals surface area contributed by atoms with Crippen LogP contribution in [0.5, 0.6) is 0 Å². The molecule has 2 heterocycles. The molecule has 0 amide bonds. The first-order valence-electron chi connectivity index (χ1n) is 6.35. The highest BCUT2D eigenvalue weighted by atomic mass is 32.2. The molecule has 3 aliphatic rings. The molecule has 0 aromatic heterocycles. The summed E-state index contributed by atoms with van der Waals surface area (Å²) < 4.78 is 9.04. The average molecular weight is 270 g/mol. The van der Waals surface area contributed by atoms with Gasteiger partial charge in [-0.1, -0.05) is 12.2 Å². The molecule has 1 fully saturated rings. The fourth-order valence-electron chi connectivity index (χ4n) is 2.52. The summed E-state index contributed by atoms with van der Waals surface area (Å²) in [6.45, 7) is 4.06. The number of thioether (sulfide) groups is 1. The number of carbonyl (C=O) groups excluding carboxylic acids is 2. The van der Waals surface area contributed by atoms with Crippen LogP contribution in [0.15, 0.2) is 12.2 Å². The number of hydrogen-bond acceptors (Lipinski definition) is 5. The zero-order valence-corrected chi connectivity index (χ0v) is 11.5. The quantitative estimate of drug-likeness (QED) is 0.444. The van der Waals surface area contributed by atoms with E-state index in [2.05, 4.69) is 6.08 Å². The Hall–Kier alpha value is -0.970. The molecule has 2 bridgehead atoms. The van der Waals surface area contributed by atoms with E-state index in [-0.39, 0.29) is 24.4 Å². The lowest BCUT2D eigenvalue weighted by Crippen LogP contribution is -2.55. The Morgan fingerprint density at radius 1 is 1.17 bits per heavy atom. The molecule has 18 heavy (non-hydrogen) atoms. The van der Waals surface area contributed by atoms with Crippen molar-refractivity contribution in [1.29, 1.82) is 0 Å². The van der Waals surface area contributed by atoms with E-state index in [1.807, 2.05) is 6.08 Å². The van der Waals surface area contributed by atoms with Gasteiger partial charge in [0.2, 0.25) is 4.75 Å². The van der Waals surface area contributed by atoms with Gasteiger partial charge in [0.05, 0.1) is 13.2 Å². The largest absolute Gasteiger partial charge is 0.464 e. The third-order valence-electron chi connectivity index (χ3n) is 3.34. The van der Waals surface area contributed by atoms with Gasteiger partial charge in [0.15, 0.2) is 0 Å². The Labute approximate surface area is 111 Å². The van der Waals surface area contributed by atoms with Crippen LogP contribution in [-0.2, 0) is 19.1 Å².